The molecule has 3 N–H and O–H groups in total. The summed E-state index contributed by atoms with van der Waals surface area (Å²) in [6.07, 6.45) is 1.43. The highest BCUT2D eigenvalue weighted by Gasteiger charge is 2.46. The fourth-order valence-corrected chi connectivity index (χ4v) is 2.38. The van der Waals surface area contributed by atoms with Gasteiger partial charge in [-0.15, -0.1) is 0 Å². The van der Waals surface area contributed by atoms with Crippen molar-refractivity contribution in [2.24, 2.45) is 23.5 Å². The molecule has 0 radical (unpaired) electrons. The molecular weight excluding hydrogens is 244 g/mol. The van der Waals surface area contributed by atoms with E-state index in [4.69, 9.17) is 10.5 Å². The zero-order chi connectivity index (χ0) is 14.8. The summed E-state index contributed by atoms with van der Waals surface area (Å²) in [4.78, 5) is 23.2. The van der Waals surface area contributed by atoms with Crippen molar-refractivity contribution < 1.29 is 14.3 Å². The fraction of sp³-hybridized carbons (Fsp3) is 0.857. The molecule has 5 nitrogen and oxygen atoms in total. The molecule has 3 unspecified atom stereocenters. The van der Waals surface area contributed by atoms with Crippen molar-refractivity contribution in [1.82, 2.24) is 5.32 Å². The van der Waals surface area contributed by atoms with Crippen LogP contribution in [0.1, 0.15) is 47.5 Å². The summed E-state index contributed by atoms with van der Waals surface area (Å²) in [7, 11) is 0. The van der Waals surface area contributed by atoms with E-state index < -0.39 is 23.6 Å². The summed E-state index contributed by atoms with van der Waals surface area (Å²) in [5.41, 5.74) is 4.80. The molecule has 1 fully saturated rings. The average molecular weight is 270 g/mol. The predicted molar refractivity (Wildman–Crippen MR) is 73.4 cm³/mol. The fourth-order valence-electron chi connectivity index (χ4n) is 2.38. The van der Waals surface area contributed by atoms with Crippen molar-refractivity contribution in [2.45, 2.75) is 59.1 Å². The third-order valence-corrected chi connectivity index (χ3v) is 3.16. The van der Waals surface area contributed by atoms with Crippen LogP contribution in [-0.2, 0) is 9.53 Å². The molecule has 0 heterocycles. The Labute approximate surface area is 115 Å². The lowest BCUT2D eigenvalue weighted by Crippen LogP contribution is -2.48. The predicted octanol–water partition coefficient (Wildman–Crippen LogP) is 2.05. The normalized spacial score (nSPS) is 23.9. The molecule has 5 heteroatoms. The largest absolute Gasteiger partial charge is 0.444 e. The van der Waals surface area contributed by atoms with Gasteiger partial charge < -0.3 is 15.8 Å². The number of hydrogen-bond donors (Lipinski definition) is 2. The maximum Gasteiger partial charge on any atom is 0.408 e. The Balaban J connectivity index is 2.52. The van der Waals surface area contributed by atoms with Crippen LogP contribution in [0.25, 0.3) is 0 Å². The number of primary amides is 1. The molecule has 0 saturated heterocycles. The Morgan fingerprint density at radius 2 is 1.95 bits per heavy atom. The molecule has 0 aromatic heterocycles. The molecule has 0 bridgehead atoms. The number of alkyl carbamates (subject to hydrolysis) is 1. The third kappa shape index (κ3) is 5.49. The first kappa shape index (κ1) is 15.8. The van der Waals surface area contributed by atoms with Crippen LogP contribution in [0.3, 0.4) is 0 Å². The lowest BCUT2D eigenvalue weighted by atomic mass is 10.0. The zero-order valence-corrected chi connectivity index (χ0v) is 12.5. The lowest BCUT2D eigenvalue weighted by Gasteiger charge is -2.22. The van der Waals surface area contributed by atoms with Crippen LogP contribution in [-0.4, -0.2) is 23.6 Å². The average Bonchev–Trinajstić information content (AvgIpc) is 2.88. The first-order valence-corrected chi connectivity index (χ1v) is 6.89. The van der Waals surface area contributed by atoms with E-state index in [1.54, 1.807) is 20.8 Å². The number of rotatable bonds is 5. The van der Waals surface area contributed by atoms with Crippen molar-refractivity contribution in [2.75, 3.05) is 0 Å². The molecule has 3 atom stereocenters. The van der Waals surface area contributed by atoms with Crippen LogP contribution < -0.4 is 11.1 Å². The van der Waals surface area contributed by atoms with Crippen molar-refractivity contribution >= 4 is 12.0 Å². The number of ether oxygens (including phenoxy) is 1. The lowest BCUT2D eigenvalue weighted by molar-refractivity contribution is -0.120. The van der Waals surface area contributed by atoms with Crippen LogP contribution in [0.4, 0.5) is 4.79 Å². The van der Waals surface area contributed by atoms with E-state index >= 15 is 0 Å². The highest BCUT2D eigenvalue weighted by molar-refractivity contribution is 5.85. The summed E-state index contributed by atoms with van der Waals surface area (Å²) in [5, 5.41) is 2.60. The first-order valence-electron chi connectivity index (χ1n) is 6.89. The molecule has 0 aromatic rings. The number of hydrogen-bond acceptors (Lipinski definition) is 3. The smallest absolute Gasteiger partial charge is 0.408 e. The minimum Gasteiger partial charge on any atom is -0.444 e. The van der Waals surface area contributed by atoms with E-state index in [9.17, 15) is 9.59 Å². The quantitative estimate of drug-likeness (QED) is 0.802. The summed E-state index contributed by atoms with van der Waals surface area (Å²) < 4.78 is 5.15. The van der Waals surface area contributed by atoms with Gasteiger partial charge in [0, 0.05) is 0 Å². The molecule has 0 spiro atoms. The van der Waals surface area contributed by atoms with Gasteiger partial charge in [0.1, 0.15) is 11.6 Å². The molecule has 1 aliphatic carbocycles. The highest BCUT2D eigenvalue weighted by Crippen LogP contribution is 2.45. The Morgan fingerprint density at radius 1 is 1.37 bits per heavy atom. The van der Waals surface area contributed by atoms with E-state index in [0.29, 0.717) is 11.8 Å². The second-order valence-corrected chi connectivity index (χ2v) is 6.82. The summed E-state index contributed by atoms with van der Waals surface area (Å²) in [6.45, 7) is 9.64. The van der Waals surface area contributed by atoms with Gasteiger partial charge in [0.15, 0.2) is 0 Å². The molecule has 110 valence electrons. The van der Waals surface area contributed by atoms with Crippen molar-refractivity contribution in [3.63, 3.8) is 0 Å². The summed E-state index contributed by atoms with van der Waals surface area (Å²) in [6, 6.07) is -0.612. The van der Waals surface area contributed by atoms with Crippen molar-refractivity contribution in [3.05, 3.63) is 0 Å². The van der Waals surface area contributed by atoms with Gasteiger partial charge in [-0.2, -0.15) is 0 Å². The monoisotopic (exact) mass is 270 g/mol. The molecule has 1 saturated carbocycles. The van der Waals surface area contributed by atoms with Crippen LogP contribution in [0.2, 0.25) is 0 Å². The standard InChI is InChI=1S/C14H26N2O3/c1-8(2)6-9-7-10(9)11(12(15)17)16-13(18)19-14(3,4)5/h8-11H,6-7H2,1-5H3,(H2,15,17)(H,16,18). The van der Waals surface area contributed by atoms with Crippen LogP contribution in [0, 0.1) is 17.8 Å². The second kappa shape index (κ2) is 5.80. The Kier molecular flexibility index (Phi) is 4.82. The molecular formula is C14H26N2O3. The number of carbonyl (C=O) groups excluding carboxylic acids is 2. The van der Waals surface area contributed by atoms with Gasteiger partial charge >= 0.3 is 6.09 Å². The number of nitrogens with two attached hydrogens (primary N) is 1. The zero-order valence-electron chi connectivity index (χ0n) is 12.5. The van der Waals surface area contributed by atoms with E-state index in [-0.39, 0.29) is 5.92 Å². The first-order chi connectivity index (χ1) is 8.60. The van der Waals surface area contributed by atoms with E-state index in [1.807, 2.05) is 0 Å². The van der Waals surface area contributed by atoms with Gasteiger partial charge in [0.25, 0.3) is 0 Å². The maximum atomic E-state index is 11.7. The topological polar surface area (TPSA) is 81.4 Å². The van der Waals surface area contributed by atoms with Gasteiger partial charge in [0.05, 0.1) is 0 Å². The van der Waals surface area contributed by atoms with Crippen LogP contribution in [0.5, 0.6) is 0 Å². The molecule has 19 heavy (non-hydrogen) atoms. The molecule has 1 aliphatic rings. The number of amides is 2. The Bertz CT molecular complexity index is 347. The Hall–Kier alpha value is -1.26. The van der Waals surface area contributed by atoms with E-state index in [1.165, 1.54) is 0 Å². The molecule has 0 aliphatic heterocycles. The number of nitrogens with one attached hydrogen (secondary N) is 1. The Morgan fingerprint density at radius 3 is 2.37 bits per heavy atom. The van der Waals surface area contributed by atoms with E-state index in [2.05, 4.69) is 19.2 Å². The van der Waals surface area contributed by atoms with Crippen LogP contribution >= 0.6 is 0 Å². The van der Waals surface area contributed by atoms with Gasteiger partial charge in [0.2, 0.25) is 5.91 Å². The SMILES string of the molecule is CC(C)CC1CC1C(NC(=O)OC(C)(C)C)C(N)=O. The third-order valence-electron chi connectivity index (χ3n) is 3.16. The van der Waals surface area contributed by atoms with Crippen LogP contribution in [0.15, 0.2) is 0 Å². The van der Waals surface area contributed by atoms with Crippen molar-refractivity contribution in [1.29, 1.82) is 0 Å². The molecule has 0 aromatic carbocycles. The molecule has 2 amide bonds. The number of carbonyl (C=O) groups is 2. The van der Waals surface area contributed by atoms with Crippen molar-refractivity contribution in [3.8, 4) is 0 Å². The van der Waals surface area contributed by atoms with Gasteiger partial charge in [-0.3, -0.25) is 4.79 Å². The molecule has 1 rings (SSSR count). The van der Waals surface area contributed by atoms with Gasteiger partial charge in [-0.05, 0) is 51.4 Å². The highest BCUT2D eigenvalue weighted by atomic mass is 16.6. The minimum atomic E-state index is -0.612. The summed E-state index contributed by atoms with van der Waals surface area (Å²) >= 11 is 0. The minimum absolute atomic E-state index is 0.160. The second-order valence-electron chi connectivity index (χ2n) is 6.82. The van der Waals surface area contributed by atoms with Gasteiger partial charge in [-0.25, -0.2) is 4.79 Å². The maximum absolute atomic E-state index is 11.7. The van der Waals surface area contributed by atoms with E-state index in [0.717, 1.165) is 12.8 Å². The summed E-state index contributed by atoms with van der Waals surface area (Å²) in [5.74, 6) is 0.743. The van der Waals surface area contributed by atoms with Gasteiger partial charge in [-0.1, -0.05) is 13.8 Å².